The van der Waals surface area contributed by atoms with Gasteiger partial charge in [-0.3, -0.25) is 17.5 Å². The van der Waals surface area contributed by atoms with E-state index in [0.717, 1.165) is 52.9 Å². The van der Waals surface area contributed by atoms with Crippen molar-refractivity contribution in [3.8, 4) is 0 Å². The molecule has 16 nitrogen and oxygen atoms in total. The molecule has 0 atom stereocenters. The van der Waals surface area contributed by atoms with E-state index in [9.17, 15) is 0 Å². The van der Waals surface area contributed by atoms with Crippen molar-refractivity contribution < 1.29 is 334 Å². The summed E-state index contributed by atoms with van der Waals surface area (Å²) in [6, 6.07) is 0. The molecular weight excluding hydrogens is 2140 g/mol. The summed E-state index contributed by atoms with van der Waals surface area (Å²) in [7, 11) is 0. The summed E-state index contributed by atoms with van der Waals surface area (Å²) in [5.41, 5.74) is -1.09. The van der Waals surface area contributed by atoms with Crippen LogP contribution in [0.25, 0.3) is 37.8 Å². The van der Waals surface area contributed by atoms with Gasteiger partial charge in [0.15, 0.2) is 0 Å². The van der Waals surface area contributed by atoms with E-state index in [4.69, 9.17) is 18.9 Å². The van der Waals surface area contributed by atoms with E-state index in [1.807, 2.05) is 0 Å². The van der Waals surface area contributed by atoms with Gasteiger partial charge in [-0.1, -0.05) is 166 Å². The zero-order chi connectivity index (χ0) is 66.9. The van der Waals surface area contributed by atoms with Crippen molar-refractivity contribution in [2.45, 2.75) is 367 Å². The Morgan fingerprint density at radius 2 is 0.270 bits per heavy atom. The maximum Gasteiger partial charge on any atom is 1.00 e. The largest absolute Gasteiger partial charge is 1.00 e. The minimum Gasteiger partial charge on any atom is -1.00 e. The van der Waals surface area contributed by atoms with Crippen molar-refractivity contribution in [2.24, 2.45) is 17.5 Å². The Kier molecular flexibility index (Phi) is 129. The van der Waals surface area contributed by atoms with Gasteiger partial charge in [-0.2, -0.15) is 0 Å². The van der Waals surface area contributed by atoms with Crippen LogP contribution in [0.2, 0.25) is 0 Å². The SMILES string of the molecule is C1CCOC1.C1CCOC1.C1CCOC1.C1CCOC1.CC(C)(C)N=S([N-]C(C)(C)C)[N-]C(C)(C)C.CC(C)(C)N=S([N-]C(C)(C)C)[N-]C(C)(C)C.CC(C)(C)N=S([N-]C(C)(C)C)[N-]C(C)(C)C.CC(C)(C)N=S([N-]C(C)(C)C)[N-]C(C)(C)C.[Ag].[Ag].[Ag].[Ag].[Ag].[Ag].[Br-].[Br-].[Br-].[Br-].[Li+].[Li+].[Li+].[Li+].[Li+].[Li+]. The molecule has 0 saturated carbocycles. The molecule has 610 valence electrons. The van der Waals surface area contributed by atoms with E-state index in [0.29, 0.717) is 0 Å². The van der Waals surface area contributed by atoms with Crippen LogP contribution in [-0.4, -0.2) is 119 Å². The van der Waals surface area contributed by atoms with E-state index in [1.54, 1.807) is 0 Å². The summed E-state index contributed by atoms with van der Waals surface area (Å²) < 4.78 is 75.9. The first-order valence-electron chi connectivity index (χ1n) is 31.2. The molecule has 0 aliphatic carbocycles. The number of ether oxygens (including phenoxy) is 4. The van der Waals surface area contributed by atoms with Crippen LogP contribution in [0.3, 0.4) is 0 Å². The minimum absolute atomic E-state index is 0. The first kappa shape index (κ1) is 161. The Balaban J connectivity index is -0.0000000411. The van der Waals surface area contributed by atoms with Crippen LogP contribution in [0.4, 0.5) is 0 Å². The molecule has 0 aromatic heterocycles. The molecule has 0 unspecified atom stereocenters. The van der Waals surface area contributed by atoms with Crippen molar-refractivity contribution in [3.05, 3.63) is 37.8 Å². The zero-order valence-corrected chi connectivity index (χ0v) is 89.8. The molecule has 0 spiro atoms. The maximum absolute atomic E-state index is 4.94. The number of nitrogens with zero attached hydrogens (tertiary/aromatic N) is 12. The number of hydrogen-bond donors (Lipinski definition) is 0. The van der Waals surface area contributed by atoms with Crippen LogP contribution in [0.15, 0.2) is 17.5 Å². The van der Waals surface area contributed by atoms with E-state index in [1.165, 1.54) is 51.4 Å². The third-order valence-electron chi connectivity index (χ3n) is 7.58. The van der Waals surface area contributed by atoms with Gasteiger partial charge in [0, 0.05) is 187 Å². The van der Waals surface area contributed by atoms with E-state index < -0.39 is 44.3 Å². The summed E-state index contributed by atoms with van der Waals surface area (Å²) in [4.78, 5) is 0. The average molecular weight is 2280 g/mol. The molecule has 6 radical (unpaired) electrons. The van der Waals surface area contributed by atoms with Crippen molar-refractivity contribution in [2.75, 3.05) is 52.9 Å². The fraction of sp³-hybridized carbons (Fsp3) is 1.00. The second-order valence-electron chi connectivity index (χ2n) is 33.4. The van der Waals surface area contributed by atoms with Crippen LogP contribution in [0, 0.1) is 0 Å². The van der Waals surface area contributed by atoms with Crippen molar-refractivity contribution >= 4 is 44.3 Å². The third-order valence-corrected chi connectivity index (χ3v) is 16.1. The average Bonchev–Trinajstić information content (AvgIpc) is 4.03. The Morgan fingerprint density at radius 1 is 0.190 bits per heavy atom. The fourth-order valence-electron chi connectivity index (χ4n) is 5.23. The van der Waals surface area contributed by atoms with Crippen molar-refractivity contribution in [1.82, 2.24) is 0 Å². The normalized spacial score (nSPS) is 14.0. The second kappa shape index (κ2) is 80.1. The van der Waals surface area contributed by atoms with Crippen LogP contribution in [-0.2, 0) is 197 Å². The molecule has 4 aliphatic rings. The first-order valence-corrected chi connectivity index (χ1v) is 35.6. The van der Waals surface area contributed by atoms with E-state index in [-0.39, 0.29) is 382 Å². The fourth-order valence-corrected chi connectivity index (χ4v) is 11.6. The van der Waals surface area contributed by atoms with Crippen molar-refractivity contribution in [1.29, 1.82) is 0 Å². The Labute approximate surface area is 840 Å². The predicted molar refractivity (Wildman–Crippen MR) is 383 cm³/mol. The topological polar surface area (TPSA) is 199 Å². The first-order chi connectivity index (χ1) is 37.1. The van der Waals surface area contributed by atoms with Gasteiger partial charge in [-0.05, 0) is 134 Å². The van der Waals surface area contributed by atoms with E-state index in [2.05, 4.69) is 304 Å². The molecule has 36 heteroatoms. The summed E-state index contributed by atoms with van der Waals surface area (Å²) >= 11 is -2.23. The molecule has 0 aromatic rings. The second-order valence-corrected chi connectivity index (χ2v) is 37.6. The number of hydrogen-bond acceptors (Lipinski definition) is 8. The van der Waals surface area contributed by atoms with E-state index >= 15 is 0 Å². The molecule has 4 rings (SSSR count). The predicted octanol–water partition coefficient (Wildman–Crippen LogP) is -7.74. The smallest absolute Gasteiger partial charge is 1.00 e. The Hall–Kier alpha value is 10.1. The third kappa shape index (κ3) is 153. The monoisotopic (exact) mass is 2270 g/mol. The minimum atomic E-state index is -0.558. The van der Waals surface area contributed by atoms with Gasteiger partial charge in [0.1, 0.15) is 0 Å². The standard InChI is InChI=1S/4C12H27N3S.4C4H8O.6Ag.4BrH.6Li/c4*1-10(2,3)13-16(14-11(4,5)6)15-12(7,8)9;4*1-2-4-5-3-1;;;;;;;;;;;;;;;;/h4*1-9H3;4*1-4H2;;;;;;;4*1H;;;;;;/q4*-2;;;;;;;;;;;;;;;6*+1/p-4. The van der Waals surface area contributed by atoms with Gasteiger partial charge in [0.25, 0.3) is 0 Å². The van der Waals surface area contributed by atoms with Gasteiger partial charge >= 0.3 is 113 Å². The molecule has 100 heavy (non-hydrogen) atoms. The summed E-state index contributed by atoms with van der Waals surface area (Å²) in [6.45, 7) is 83.1. The van der Waals surface area contributed by atoms with Gasteiger partial charge in [-0.25, -0.2) is 0 Å². The molecule has 0 aromatic carbocycles. The molecular formula is C64H140Ag6Br4Li6N12O4S4-6. The van der Waals surface area contributed by atoms with Gasteiger partial charge in [0.05, 0.1) is 22.2 Å². The van der Waals surface area contributed by atoms with Gasteiger partial charge in [-0.15, -0.1) is 44.3 Å². The van der Waals surface area contributed by atoms with Crippen LogP contribution in [0.5, 0.6) is 0 Å². The number of rotatable bonds is 8. The molecule has 4 aliphatic heterocycles. The van der Waals surface area contributed by atoms with Crippen LogP contribution < -0.4 is 181 Å². The molecule has 4 saturated heterocycles. The summed E-state index contributed by atoms with van der Waals surface area (Å²) in [6.07, 6.45) is 10.2. The summed E-state index contributed by atoms with van der Waals surface area (Å²) in [5, 5.41) is 0. The molecule has 0 N–H and O–H groups in total. The summed E-state index contributed by atoms with van der Waals surface area (Å²) in [5.74, 6) is 0. The molecule has 4 heterocycles. The van der Waals surface area contributed by atoms with Crippen LogP contribution >= 0.6 is 0 Å². The molecule has 0 bridgehead atoms. The Bertz CT molecular complexity index is 1520. The maximum atomic E-state index is 4.94. The molecule has 4 fully saturated rings. The molecule has 0 amide bonds. The van der Waals surface area contributed by atoms with Gasteiger partial charge < -0.3 is 169 Å². The van der Waals surface area contributed by atoms with Crippen LogP contribution in [0.1, 0.15) is 301 Å². The quantitative estimate of drug-likeness (QED) is 0.218. The number of halogens is 4. The van der Waals surface area contributed by atoms with Gasteiger partial charge in [0.2, 0.25) is 0 Å². The Morgan fingerprint density at radius 3 is 0.310 bits per heavy atom. The zero-order valence-electron chi connectivity index (χ0n) is 71.3. The van der Waals surface area contributed by atoms with Crippen molar-refractivity contribution in [3.63, 3.8) is 0 Å².